The second-order valence-electron chi connectivity index (χ2n) is 26.6. The van der Waals surface area contributed by atoms with Crippen LogP contribution in [0.15, 0.2) is 254 Å². The lowest BCUT2D eigenvalue weighted by molar-refractivity contribution is 0.168. The summed E-state index contributed by atoms with van der Waals surface area (Å²) in [5.74, 6) is 1.61. The fraction of sp³-hybridized carbons (Fsp3) is 0.181. The van der Waals surface area contributed by atoms with E-state index in [-0.39, 0.29) is 16.2 Å². The summed E-state index contributed by atoms with van der Waals surface area (Å²) in [6.45, 7) is 14.7. The van der Waals surface area contributed by atoms with Crippen molar-refractivity contribution in [3.8, 4) is 72.4 Å². The molecule has 5 aliphatic rings. The molecule has 85 heavy (non-hydrogen) atoms. The van der Waals surface area contributed by atoms with Gasteiger partial charge in [-0.15, -0.1) is 0 Å². The van der Waals surface area contributed by atoms with E-state index in [4.69, 9.17) is 0 Å². The fourth-order valence-electron chi connectivity index (χ4n) is 17.2. The summed E-state index contributed by atoms with van der Waals surface area (Å²) in [4.78, 5) is 2.64. The van der Waals surface area contributed by atoms with Gasteiger partial charge < -0.3 is 9.47 Å². The van der Waals surface area contributed by atoms with Crippen LogP contribution in [0.3, 0.4) is 0 Å². The summed E-state index contributed by atoms with van der Waals surface area (Å²) >= 11 is 0. The van der Waals surface area contributed by atoms with Gasteiger partial charge in [0, 0.05) is 49.8 Å². The molecule has 4 unspecified atom stereocenters. The molecule has 0 amide bonds. The molecule has 2 heteroatoms. The highest BCUT2D eigenvalue weighted by Crippen LogP contribution is 2.65. The Labute approximate surface area is 500 Å². The van der Waals surface area contributed by atoms with Crippen molar-refractivity contribution in [1.82, 2.24) is 4.57 Å². The minimum atomic E-state index is -0.375. The summed E-state index contributed by atoms with van der Waals surface area (Å²) < 4.78 is 2.45. The van der Waals surface area contributed by atoms with Gasteiger partial charge >= 0.3 is 0 Å². The summed E-state index contributed by atoms with van der Waals surface area (Å²) in [6.07, 6.45) is 6.43. The van der Waals surface area contributed by atoms with E-state index >= 15 is 0 Å². The maximum Gasteiger partial charge on any atom is 0.0541 e. The van der Waals surface area contributed by atoms with Gasteiger partial charge in [-0.25, -0.2) is 0 Å². The Kier molecular flexibility index (Phi) is 10.9. The fourth-order valence-corrected chi connectivity index (χ4v) is 17.2. The van der Waals surface area contributed by atoms with Gasteiger partial charge in [0.05, 0.1) is 11.0 Å². The Morgan fingerprint density at radius 3 is 1.64 bits per heavy atom. The zero-order valence-corrected chi connectivity index (χ0v) is 49.4. The van der Waals surface area contributed by atoms with E-state index in [2.05, 4.69) is 300 Å². The van der Waals surface area contributed by atoms with Gasteiger partial charge in [-0.1, -0.05) is 210 Å². The number of aromatic nitrogens is 1. The molecule has 2 nitrogen and oxygen atoms in total. The largest absolute Gasteiger partial charge is 0.310 e. The molecule has 11 aromatic carbocycles. The molecule has 0 N–H and O–H groups in total. The van der Waals surface area contributed by atoms with Crippen molar-refractivity contribution in [2.24, 2.45) is 17.8 Å². The number of hydrogen-bond donors (Lipinski definition) is 0. The van der Waals surface area contributed by atoms with Crippen LogP contribution in [0.4, 0.5) is 17.1 Å². The first-order valence-corrected chi connectivity index (χ1v) is 31.0. The van der Waals surface area contributed by atoms with Gasteiger partial charge in [0.1, 0.15) is 0 Å². The second-order valence-corrected chi connectivity index (χ2v) is 26.6. The van der Waals surface area contributed by atoms with Gasteiger partial charge in [-0.3, -0.25) is 0 Å². The molecule has 1 aromatic heterocycles. The summed E-state index contributed by atoms with van der Waals surface area (Å²) in [5, 5.41) is 2.51. The highest BCUT2D eigenvalue weighted by Gasteiger charge is 2.53. The zero-order chi connectivity index (χ0) is 57.1. The van der Waals surface area contributed by atoms with Crippen molar-refractivity contribution in [2.45, 2.75) is 77.0 Å². The van der Waals surface area contributed by atoms with Crippen LogP contribution in [0.25, 0.3) is 94.3 Å². The van der Waals surface area contributed by atoms with Crippen LogP contribution < -0.4 is 4.90 Å². The van der Waals surface area contributed by atoms with E-state index in [0.717, 1.165) is 0 Å². The summed E-state index contributed by atoms with van der Waals surface area (Å²) in [6, 6.07) is 93.1. The molecule has 1 heterocycles. The van der Waals surface area contributed by atoms with E-state index in [1.54, 1.807) is 0 Å². The Bertz CT molecular complexity index is 4690. The Hall–Kier alpha value is -9.24. The molecular weight excluding hydrogens is 1020 g/mol. The third-order valence-electron chi connectivity index (χ3n) is 21.2. The van der Waals surface area contributed by atoms with E-state index in [1.165, 1.54) is 170 Å². The number of anilines is 3. The standard InChI is InChI=1S/C83H68N2/c1-51-40-58-43-59(41-51)83(50-52(58)2)76-45-56(55-23-19-22-54(42-55)53-20-9-7-10-21-53)32-36-69(76)80-70(57-33-39-79-71(44-57)68-28-15-18-31-78(68)85(79)60-24-11-8-12-25-60)46-63(49-77(80)83)84(61-34-37-66-64-26-13-16-29-72(64)81(3,4)74(66)47-61)62-35-38-67-65-27-14-17-30-73(65)82(5,6)75(67)48-62/h7-39,42,44-51,58-59H,40-41,43H2,1-6H3. The van der Waals surface area contributed by atoms with Crippen LogP contribution in [0, 0.1) is 17.8 Å². The van der Waals surface area contributed by atoms with E-state index in [0.29, 0.717) is 17.8 Å². The first-order chi connectivity index (χ1) is 41.4. The molecule has 2 bridgehead atoms. The SMILES string of the molecule is CC1=CC2(c3cc(-c4cccc(-c5ccccc5)c4)ccc3-c3c(-c4ccc5c(c4)c4ccccc4n5-c4ccccc4)cc(N(c4ccc5c(c4)C(C)(C)c4ccccc4-5)c4ccc5c(c4)C(C)(C)c4ccccc4-5)cc32)C2CC(C)CC1C2. The van der Waals surface area contributed by atoms with E-state index < -0.39 is 0 Å². The van der Waals surface area contributed by atoms with Crippen LogP contribution in [0.2, 0.25) is 0 Å². The quantitative estimate of drug-likeness (QED) is 0.144. The Morgan fingerprint density at radius 1 is 0.376 bits per heavy atom. The lowest BCUT2D eigenvalue weighted by Crippen LogP contribution is -2.42. The summed E-state index contributed by atoms with van der Waals surface area (Å²) in [7, 11) is 0. The molecular formula is C83H68N2. The smallest absolute Gasteiger partial charge is 0.0541 e. The molecule has 0 aliphatic heterocycles. The van der Waals surface area contributed by atoms with Crippen LogP contribution in [0.1, 0.15) is 94.2 Å². The minimum Gasteiger partial charge on any atom is -0.310 e. The number of rotatable bonds is 7. The Morgan fingerprint density at radius 2 is 0.929 bits per heavy atom. The topological polar surface area (TPSA) is 8.17 Å². The Balaban J connectivity index is 0.965. The normalized spacial score (nSPS) is 19.7. The third-order valence-corrected chi connectivity index (χ3v) is 21.2. The predicted molar refractivity (Wildman–Crippen MR) is 357 cm³/mol. The molecule has 5 aliphatic carbocycles. The summed E-state index contributed by atoms with van der Waals surface area (Å²) in [5.41, 5.74) is 31.9. The number of fused-ring (bicyclic) bond motifs is 17. The second kappa shape index (κ2) is 18.4. The number of para-hydroxylation sites is 2. The highest BCUT2D eigenvalue weighted by atomic mass is 15.1. The third kappa shape index (κ3) is 7.31. The molecule has 1 spiro atoms. The molecule has 1 saturated carbocycles. The monoisotopic (exact) mass is 1090 g/mol. The maximum absolute atomic E-state index is 2.80. The first kappa shape index (κ1) is 50.3. The highest BCUT2D eigenvalue weighted by molar-refractivity contribution is 6.11. The molecule has 410 valence electrons. The maximum atomic E-state index is 2.80. The van der Waals surface area contributed by atoms with E-state index in [9.17, 15) is 0 Å². The molecule has 1 fully saturated rings. The number of allylic oxidation sites excluding steroid dienone is 2. The van der Waals surface area contributed by atoms with Crippen molar-refractivity contribution >= 4 is 38.9 Å². The predicted octanol–water partition coefficient (Wildman–Crippen LogP) is 22.1. The zero-order valence-electron chi connectivity index (χ0n) is 49.4. The minimum absolute atomic E-state index is 0.185. The average Bonchev–Trinajstić information content (AvgIpc) is 1.77. The number of benzene rings is 11. The van der Waals surface area contributed by atoms with Crippen LogP contribution in [-0.2, 0) is 16.2 Å². The molecule has 0 saturated heterocycles. The van der Waals surface area contributed by atoms with Crippen molar-refractivity contribution in [1.29, 1.82) is 0 Å². The van der Waals surface area contributed by atoms with Crippen molar-refractivity contribution < 1.29 is 0 Å². The lowest BCUT2D eigenvalue weighted by atomic mass is 9.55. The molecule has 12 aromatic rings. The van der Waals surface area contributed by atoms with Gasteiger partial charge in [-0.05, 0) is 223 Å². The number of nitrogens with zero attached hydrogens (tertiary/aromatic N) is 2. The molecule has 0 radical (unpaired) electrons. The average molecular weight is 1090 g/mol. The van der Waals surface area contributed by atoms with Crippen LogP contribution >= 0.6 is 0 Å². The molecule has 4 atom stereocenters. The number of hydrogen-bond acceptors (Lipinski definition) is 1. The van der Waals surface area contributed by atoms with Crippen molar-refractivity contribution in [3.63, 3.8) is 0 Å². The van der Waals surface area contributed by atoms with Crippen LogP contribution in [-0.4, -0.2) is 4.57 Å². The van der Waals surface area contributed by atoms with Gasteiger partial charge in [0.15, 0.2) is 0 Å². The van der Waals surface area contributed by atoms with Gasteiger partial charge in [0.25, 0.3) is 0 Å². The lowest BCUT2D eigenvalue weighted by Gasteiger charge is -2.49. The van der Waals surface area contributed by atoms with Crippen LogP contribution in [0.5, 0.6) is 0 Å². The van der Waals surface area contributed by atoms with Crippen molar-refractivity contribution in [3.05, 3.63) is 288 Å². The van der Waals surface area contributed by atoms with E-state index in [1.807, 2.05) is 0 Å². The van der Waals surface area contributed by atoms with Crippen molar-refractivity contribution in [2.75, 3.05) is 4.90 Å². The first-order valence-electron chi connectivity index (χ1n) is 31.0. The van der Waals surface area contributed by atoms with Gasteiger partial charge in [0.2, 0.25) is 0 Å². The van der Waals surface area contributed by atoms with Gasteiger partial charge in [-0.2, -0.15) is 0 Å². The molecule has 17 rings (SSSR count).